The predicted octanol–water partition coefficient (Wildman–Crippen LogP) is -1.81. The van der Waals surface area contributed by atoms with Gasteiger partial charge in [-0.15, -0.1) is 0 Å². The first-order chi connectivity index (χ1) is 8.95. The number of fused-ring (bicyclic) bond motifs is 1. The van der Waals surface area contributed by atoms with E-state index in [0.29, 0.717) is 26.1 Å². The van der Waals surface area contributed by atoms with E-state index in [2.05, 4.69) is 5.32 Å². The van der Waals surface area contributed by atoms with E-state index < -0.39 is 30.4 Å². The fraction of sp³-hybridized carbons (Fsp3) is 0.917. The maximum Gasteiger partial charge on any atom is 0.317 e. The van der Waals surface area contributed by atoms with Gasteiger partial charge in [-0.1, -0.05) is 0 Å². The highest BCUT2D eigenvalue weighted by Crippen LogP contribution is 2.28. The van der Waals surface area contributed by atoms with Crippen LogP contribution in [0.25, 0.3) is 0 Å². The largest absolute Gasteiger partial charge is 0.391 e. The molecule has 0 aromatic carbocycles. The summed E-state index contributed by atoms with van der Waals surface area (Å²) in [6, 6.07) is -1.21. The third-order valence-corrected chi connectivity index (χ3v) is 4.20. The topological polar surface area (TPSA) is 96.3 Å². The number of hydrogen-bond acceptors (Lipinski definition) is 5. The monoisotopic (exact) mass is 273 g/mol. The van der Waals surface area contributed by atoms with Gasteiger partial charge in [-0.05, 0) is 13.3 Å². The Kier molecular flexibility index (Phi) is 4.29. The third kappa shape index (κ3) is 2.69. The van der Waals surface area contributed by atoms with Gasteiger partial charge in [-0.3, -0.25) is 4.90 Å². The Morgan fingerprint density at radius 1 is 1.37 bits per heavy atom. The number of carbonyl (C=O) groups is 1. The van der Waals surface area contributed by atoms with Crippen molar-refractivity contribution in [2.75, 3.05) is 26.7 Å². The lowest BCUT2D eigenvalue weighted by Gasteiger charge is -2.43. The fourth-order valence-corrected chi connectivity index (χ4v) is 2.86. The number of aliphatic hydroxyl groups excluding tert-OH is 3. The molecule has 1 unspecified atom stereocenters. The van der Waals surface area contributed by atoms with Crippen LogP contribution in [0.15, 0.2) is 0 Å². The van der Waals surface area contributed by atoms with Crippen LogP contribution >= 0.6 is 0 Å². The highest BCUT2D eigenvalue weighted by Gasteiger charge is 2.48. The number of carbonyl (C=O) groups excluding carboxylic acids is 1. The minimum absolute atomic E-state index is 0.267. The van der Waals surface area contributed by atoms with Gasteiger partial charge in [0.05, 0.1) is 24.3 Å². The number of hydrogen-bond donors (Lipinski definition) is 4. The Balaban J connectivity index is 2.01. The molecule has 2 fully saturated rings. The SMILES string of the molecule is CCN(C)C(=O)N[C@H]1CN2CC[C@H](O)C2[C@@H](O)[C@@H]1O. The van der Waals surface area contributed by atoms with E-state index >= 15 is 0 Å². The molecule has 0 saturated carbocycles. The van der Waals surface area contributed by atoms with Crippen LogP contribution in [0.1, 0.15) is 13.3 Å². The summed E-state index contributed by atoms with van der Waals surface area (Å²) in [7, 11) is 1.67. The summed E-state index contributed by atoms with van der Waals surface area (Å²) in [5, 5.41) is 32.7. The van der Waals surface area contributed by atoms with Crippen LogP contribution in [-0.4, -0.2) is 88.2 Å². The van der Waals surface area contributed by atoms with Crippen molar-refractivity contribution >= 4 is 6.03 Å². The van der Waals surface area contributed by atoms with Crippen molar-refractivity contribution in [1.82, 2.24) is 15.1 Å². The number of urea groups is 1. The second kappa shape index (κ2) is 5.62. The Labute approximate surface area is 112 Å². The minimum Gasteiger partial charge on any atom is -0.391 e. The van der Waals surface area contributed by atoms with Crippen LogP contribution in [0.5, 0.6) is 0 Å². The van der Waals surface area contributed by atoms with Crippen LogP contribution in [0.3, 0.4) is 0 Å². The molecule has 2 amide bonds. The van der Waals surface area contributed by atoms with Gasteiger partial charge >= 0.3 is 6.03 Å². The summed E-state index contributed by atoms with van der Waals surface area (Å²) in [5.74, 6) is 0. The Morgan fingerprint density at radius 3 is 2.68 bits per heavy atom. The van der Waals surface area contributed by atoms with E-state index in [9.17, 15) is 20.1 Å². The molecule has 0 spiro atoms. The van der Waals surface area contributed by atoms with Gasteiger partial charge in [-0.25, -0.2) is 4.79 Å². The van der Waals surface area contributed by atoms with Gasteiger partial charge in [0, 0.05) is 26.7 Å². The molecule has 19 heavy (non-hydrogen) atoms. The summed E-state index contributed by atoms with van der Waals surface area (Å²) >= 11 is 0. The van der Waals surface area contributed by atoms with Crippen LogP contribution in [0.2, 0.25) is 0 Å². The van der Waals surface area contributed by atoms with Crippen molar-refractivity contribution in [1.29, 1.82) is 0 Å². The maximum atomic E-state index is 11.8. The third-order valence-electron chi connectivity index (χ3n) is 4.20. The summed E-state index contributed by atoms with van der Waals surface area (Å²) in [6.45, 7) is 3.55. The van der Waals surface area contributed by atoms with Gasteiger partial charge < -0.3 is 25.5 Å². The number of amides is 2. The molecule has 2 heterocycles. The number of aliphatic hydroxyl groups is 3. The molecule has 4 N–H and O–H groups in total. The molecular formula is C12H23N3O4. The molecule has 0 aliphatic carbocycles. The highest BCUT2D eigenvalue weighted by molar-refractivity contribution is 5.74. The van der Waals surface area contributed by atoms with E-state index in [-0.39, 0.29) is 6.03 Å². The van der Waals surface area contributed by atoms with Crippen molar-refractivity contribution in [2.45, 2.75) is 43.7 Å². The molecule has 2 aliphatic heterocycles. The Hall–Kier alpha value is -0.890. The quantitative estimate of drug-likeness (QED) is 0.475. The van der Waals surface area contributed by atoms with Crippen molar-refractivity contribution in [3.05, 3.63) is 0 Å². The molecule has 7 heteroatoms. The van der Waals surface area contributed by atoms with E-state index in [4.69, 9.17) is 0 Å². The first-order valence-electron chi connectivity index (χ1n) is 6.75. The van der Waals surface area contributed by atoms with E-state index in [0.717, 1.165) is 0 Å². The van der Waals surface area contributed by atoms with Crippen LogP contribution in [0.4, 0.5) is 4.79 Å². The number of nitrogens with zero attached hydrogens (tertiary/aromatic N) is 2. The lowest BCUT2D eigenvalue weighted by atomic mass is 9.91. The normalized spacial score (nSPS) is 38.9. The van der Waals surface area contributed by atoms with E-state index in [1.165, 1.54) is 4.90 Å². The summed E-state index contributed by atoms with van der Waals surface area (Å²) < 4.78 is 0. The van der Waals surface area contributed by atoms with Crippen molar-refractivity contribution in [3.63, 3.8) is 0 Å². The van der Waals surface area contributed by atoms with Crippen LogP contribution < -0.4 is 5.32 Å². The average molecular weight is 273 g/mol. The number of rotatable bonds is 2. The maximum absolute atomic E-state index is 11.8. The second-order valence-corrected chi connectivity index (χ2v) is 5.39. The van der Waals surface area contributed by atoms with Gasteiger partial charge in [0.1, 0.15) is 6.10 Å². The molecule has 2 rings (SSSR count). The van der Waals surface area contributed by atoms with Gasteiger partial charge in [0.15, 0.2) is 0 Å². The Bertz CT molecular complexity index is 341. The molecule has 0 bridgehead atoms. The lowest BCUT2D eigenvalue weighted by molar-refractivity contribution is -0.0996. The Morgan fingerprint density at radius 2 is 2.05 bits per heavy atom. The molecule has 0 radical (unpaired) electrons. The molecule has 2 aliphatic rings. The minimum atomic E-state index is -1.05. The highest BCUT2D eigenvalue weighted by atomic mass is 16.3. The summed E-state index contributed by atoms with van der Waals surface area (Å²) in [4.78, 5) is 15.2. The zero-order valence-corrected chi connectivity index (χ0v) is 11.4. The standard InChI is InChI=1S/C12H23N3O4/c1-3-14(2)12(19)13-7-6-15-5-4-8(16)9(15)11(18)10(7)17/h7-11,16-18H,3-6H2,1-2H3,(H,13,19)/t7-,8-,9?,10+,11+/m0/s1. The van der Waals surface area contributed by atoms with E-state index in [1.807, 2.05) is 11.8 Å². The summed E-state index contributed by atoms with van der Waals surface area (Å²) in [6.07, 6.45) is -2.12. The van der Waals surface area contributed by atoms with E-state index in [1.54, 1.807) is 7.05 Å². The predicted molar refractivity (Wildman–Crippen MR) is 68.6 cm³/mol. The van der Waals surface area contributed by atoms with Crippen molar-refractivity contribution in [3.8, 4) is 0 Å². The van der Waals surface area contributed by atoms with Crippen LogP contribution in [-0.2, 0) is 0 Å². The lowest BCUT2D eigenvalue weighted by Crippen LogP contribution is -2.66. The molecule has 0 aromatic heterocycles. The fourth-order valence-electron chi connectivity index (χ4n) is 2.86. The van der Waals surface area contributed by atoms with Crippen molar-refractivity contribution in [2.24, 2.45) is 0 Å². The average Bonchev–Trinajstić information content (AvgIpc) is 2.75. The van der Waals surface area contributed by atoms with Gasteiger partial charge in [0.25, 0.3) is 0 Å². The zero-order chi connectivity index (χ0) is 14.2. The molecule has 7 nitrogen and oxygen atoms in total. The molecular weight excluding hydrogens is 250 g/mol. The number of piperidine rings is 1. The molecule has 0 aromatic rings. The first-order valence-corrected chi connectivity index (χ1v) is 6.75. The molecule has 110 valence electrons. The van der Waals surface area contributed by atoms with Gasteiger partial charge in [-0.2, -0.15) is 0 Å². The zero-order valence-electron chi connectivity index (χ0n) is 11.4. The van der Waals surface area contributed by atoms with Gasteiger partial charge in [0.2, 0.25) is 0 Å². The smallest absolute Gasteiger partial charge is 0.317 e. The summed E-state index contributed by atoms with van der Waals surface area (Å²) in [5.41, 5.74) is 0. The first kappa shape index (κ1) is 14.5. The van der Waals surface area contributed by atoms with Crippen molar-refractivity contribution < 1.29 is 20.1 Å². The second-order valence-electron chi connectivity index (χ2n) is 5.39. The molecule has 2 saturated heterocycles. The number of nitrogens with one attached hydrogen (secondary N) is 1. The molecule has 5 atom stereocenters. The van der Waals surface area contributed by atoms with Crippen LogP contribution in [0, 0.1) is 0 Å².